The fourth-order valence-corrected chi connectivity index (χ4v) is 3.59. The summed E-state index contributed by atoms with van der Waals surface area (Å²) in [7, 11) is 0. The zero-order chi connectivity index (χ0) is 14.5. The number of nitrogens with zero attached hydrogens (tertiary/aromatic N) is 2. The molecule has 2 heterocycles. The Kier molecular flexibility index (Phi) is 6.06. The van der Waals surface area contributed by atoms with Gasteiger partial charge in [0.1, 0.15) is 0 Å². The monoisotopic (exact) mass is 280 g/mol. The molecule has 0 radical (unpaired) electrons. The predicted octanol–water partition coefficient (Wildman–Crippen LogP) is 2.77. The normalized spacial score (nSPS) is 28.6. The zero-order valence-corrected chi connectivity index (χ0v) is 13.6. The van der Waals surface area contributed by atoms with Crippen molar-refractivity contribution in [1.29, 1.82) is 0 Å². The van der Waals surface area contributed by atoms with E-state index >= 15 is 0 Å². The molecule has 2 rings (SSSR count). The maximum atomic E-state index is 5.71. The summed E-state index contributed by atoms with van der Waals surface area (Å²) < 4.78 is 5.71. The molecule has 0 spiro atoms. The van der Waals surface area contributed by atoms with Crippen molar-refractivity contribution in [2.24, 2.45) is 5.92 Å². The summed E-state index contributed by atoms with van der Waals surface area (Å²) in [6, 6.07) is 1.48. The van der Waals surface area contributed by atoms with Gasteiger partial charge in [-0.3, -0.25) is 9.80 Å². The molecule has 2 aliphatic rings. The van der Waals surface area contributed by atoms with Crippen LogP contribution < -0.4 is 0 Å². The van der Waals surface area contributed by atoms with E-state index in [1.807, 2.05) is 6.92 Å². The van der Waals surface area contributed by atoms with Crippen LogP contribution in [0.3, 0.4) is 0 Å². The van der Waals surface area contributed by atoms with E-state index in [-0.39, 0.29) is 0 Å². The van der Waals surface area contributed by atoms with Gasteiger partial charge >= 0.3 is 0 Å². The number of hydrogen-bond acceptors (Lipinski definition) is 3. The number of piperazine rings is 1. The summed E-state index contributed by atoms with van der Waals surface area (Å²) in [5.74, 6) is 0.721. The summed E-state index contributed by atoms with van der Waals surface area (Å²) in [5.41, 5.74) is 1.11. The van der Waals surface area contributed by atoms with Crippen LogP contribution in [-0.4, -0.2) is 61.3 Å². The van der Waals surface area contributed by atoms with Crippen molar-refractivity contribution in [3.63, 3.8) is 0 Å². The van der Waals surface area contributed by atoms with Crippen LogP contribution in [-0.2, 0) is 4.74 Å². The molecule has 0 aliphatic carbocycles. The first kappa shape index (κ1) is 16.0. The van der Waals surface area contributed by atoms with Crippen LogP contribution in [0.15, 0.2) is 12.2 Å². The van der Waals surface area contributed by atoms with Crippen LogP contribution in [0, 0.1) is 5.92 Å². The number of hydrogen-bond donors (Lipinski definition) is 0. The summed E-state index contributed by atoms with van der Waals surface area (Å²) >= 11 is 0. The molecule has 0 aromatic heterocycles. The first-order chi connectivity index (χ1) is 9.58. The van der Waals surface area contributed by atoms with Crippen molar-refractivity contribution in [3.8, 4) is 0 Å². The fourth-order valence-electron chi connectivity index (χ4n) is 3.59. The van der Waals surface area contributed by atoms with Gasteiger partial charge < -0.3 is 4.74 Å². The minimum Gasteiger partial charge on any atom is -0.376 e. The number of ether oxygens (including phenoxy) is 1. The Balaban J connectivity index is 1.85. The molecule has 2 saturated heterocycles. The second kappa shape index (κ2) is 7.58. The maximum Gasteiger partial charge on any atom is 0.0672 e. The van der Waals surface area contributed by atoms with Crippen molar-refractivity contribution in [2.45, 2.75) is 52.1 Å². The summed E-state index contributed by atoms with van der Waals surface area (Å²) in [6.07, 6.45) is 4.19. The fraction of sp³-hybridized carbons (Fsp3) is 0.882. The second-order valence-electron chi connectivity index (χ2n) is 6.96. The first-order valence-electron chi connectivity index (χ1n) is 8.28. The number of rotatable bonds is 6. The molecule has 3 nitrogen and oxygen atoms in total. The average Bonchev–Trinajstić information content (AvgIpc) is 2.42. The van der Waals surface area contributed by atoms with Gasteiger partial charge in [0.05, 0.1) is 13.2 Å². The van der Waals surface area contributed by atoms with Gasteiger partial charge in [0.25, 0.3) is 0 Å². The van der Waals surface area contributed by atoms with Gasteiger partial charge in [-0.15, -0.1) is 0 Å². The highest BCUT2D eigenvalue weighted by Gasteiger charge is 2.35. The lowest BCUT2D eigenvalue weighted by atomic mass is 9.92. The van der Waals surface area contributed by atoms with E-state index in [1.165, 1.54) is 38.9 Å². The Morgan fingerprint density at radius 3 is 2.80 bits per heavy atom. The molecular formula is C17H32N2O. The van der Waals surface area contributed by atoms with Crippen molar-refractivity contribution < 1.29 is 4.74 Å². The van der Waals surface area contributed by atoms with Crippen LogP contribution in [0.1, 0.15) is 40.0 Å². The van der Waals surface area contributed by atoms with Gasteiger partial charge in [-0.05, 0) is 32.2 Å². The largest absolute Gasteiger partial charge is 0.376 e. The van der Waals surface area contributed by atoms with Gasteiger partial charge in [-0.1, -0.05) is 32.4 Å². The summed E-state index contributed by atoms with van der Waals surface area (Å²) in [5, 5.41) is 0. The Labute approximate surface area is 125 Å². The van der Waals surface area contributed by atoms with Crippen LogP contribution in [0.4, 0.5) is 0 Å². The lowest BCUT2D eigenvalue weighted by molar-refractivity contribution is -0.0193. The zero-order valence-electron chi connectivity index (χ0n) is 13.6. The highest BCUT2D eigenvalue weighted by molar-refractivity contribution is 4.92. The van der Waals surface area contributed by atoms with Gasteiger partial charge in [-0.2, -0.15) is 0 Å². The minimum absolute atomic E-state index is 0.692. The lowest BCUT2D eigenvalue weighted by Crippen LogP contribution is -2.61. The minimum atomic E-state index is 0.692. The highest BCUT2D eigenvalue weighted by Crippen LogP contribution is 2.26. The second-order valence-corrected chi connectivity index (χ2v) is 6.96. The van der Waals surface area contributed by atoms with Crippen LogP contribution >= 0.6 is 0 Å². The molecule has 0 aromatic rings. The van der Waals surface area contributed by atoms with Gasteiger partial charge in [0.2, 0.25) is 0 Å². The molecule has 116 valence electrons. The third-order valence-electron chi connectivity index (χ3n) is 4.73. The van der Waals surface area contributed by atoms with E-state index in [2.05, 4.69) is 30.2 Å². The van der Waals surface area contributed by atoms with Crippen LogP contribution in [0.2, 0.25) is 0 Å². The van der Waals surface area contributed by atoms with Gasteiger partial charge in [-0.25, -0.2) is 0 Å². The predicted molar refractivity (Wildman–Crippen MR) is 85.0 cm³/mol. The molecule has 3 heteroatoms. The van der Waals surface area contributed by atoms with E-state index in [0.29, 0.717) is 12.6 Å². The van der Waals surface area contributed by atoms with Crippen molar-refractivity contribution in [1.82, 2.24) is 9.80 Å². The molecule has 2 atom stereocenters. The topological polar surface area (TPSA) is 15.7 Å². The Hall–Kier alpha value is -0.380. The van der Waals surface area contributed by atoms with Crippen molar-refractivity contribution in [3.05, 3.63) is 12.2 Å². The SMILES string of the molecule is C=C(C)COCCN1CC2CCCCN2CC1C(C)C. The standard InChI is InChI=1S/C17H32N2O/c1-14(2)13-20-10-9-19-11-16-7-5-6-8-18(16)12-17(19)15(3)4/h15-17H,1,5-13H2,2-4H3. The lowest BCUT2D eigenvalue weighted by Gasteiger charge is -2.49. The molecule has 0 saturated carbocycles. The summed E-state index contributed by atoms with van der Waals surface area (Å²) in [4.78, 5) is 5.41. The van der Waals surface area contributed by atoms with E-state index in [9.17, 15) is 0 Å². The Morgan fingerprint density at radius 2 is 2.10 bits per heavy atom. The number of piperidine rings is 1. The van der Waals surface area contributed by atoms with Gasteiger partial charge in [0, 0.05) is 31.7 Å². The average molecular weight is 280 g/mol. The van der Waals surface area contributed by atoms with Crippen LogP contribution in [0.25, 0.3) is 0 Å². The Bertz CT molecular complexity index is 316. The summed E-state index contributed by atoms with van der Waals surface area (Å²) in [6.45, 7) is 17.0. The van der Waals surface area contributed by atoms with Crippen molar-refractivity contribution >= 4 is 0 Å². The third-order valence-corrected chi connectivity index (χ3v) is 4.73. The first-order valence-corrected chi connectivity index (χ1v) is 8.28. The van der Waals surface area contributed by atoms with Crippen molar-refractivity contribution in [2.75, 3.05) is 39.4 Å². The molecule has 0 amide bonds. The third kappa shape index (κ3) is 4.31. The highest BCUT2D eigenvalue weighted by atomic mass is 16.5. The molecule has 2 fully saturated rings. The smallest absolute Gasteiger partial charge is 0.0672 e. The molecule has 0 aromatic carbocycles. The molecule has 2 aliphatic heterocycles. The van der Waals surface area contributed by atoms with E-state index in [1.54, 1.807) is 0 Å². The molecule has 2 unspecified atom stereocenters. The van der Waals surface area contributed by atoms with E-state index in [4.69, 9.17) is 4.74 Å². The van der Waals surface area contributed by atoms with E-state index in [0.717, 1.165) is 30.7 Å². The molecule has 0 bridgehead atoms. The van der Waals surface area contributed by atoms with E-state index < -0.39 is 0 Å². The maximum absolute atomic E-state index is 5.71. The Morgan fingerprint density at radius 1 is 1.30 bits per heavy atom. The molecule has 0 N–H and O–H groups in total. The molecule has 20 heavy (non-hydrogen) atoms. The quantitative estimate of drug-likeness (QED) is 0.549. The van der Waals surface area contributed by atoms with Gasteiger partial charge in [0.15, 0.2) is 0 Å². The number of fused-ring (bicyclic) bond motifs is 1. The molecular weight excluding hydrogens is 248 g/mol. The van der Waals surface area contributed by atoms with Crippen LogP contribution in [0.5, 0.6) is 0 Å².